The van der Waals surface area contributed by atoms with Crippen LogP contribution in [0.5, 0.6) is 11.6 Å². The summed E-state index contributed by atoms with van der Waals surface area (Å²) in [5.41, 5.74) is 4.54. The number of hydrazine groups is 1. The first-order chi connectivity index (χ1) is 15.2. The minimum absolute atomic E-state index is 0.245. The second-order valence-electron chi connectivity index (χ2n) is 6.46. The second kappa shape index (κ2) is 9.22. The molecule has 0 aliphatic heterocycles. The molecule has 0 unspecified atom stereocenters. The van der Waals surface area contributed by atoms with E-state index in [1.807, 2.05) is 0 Å². The molecule has 2 N–H and O–H groups in total. The number of aromatic nitrogens is 2. The summed E-state index contributed by atoms with van der Waals surface area (Å²) in [6.07, 6.45) is 0.997. The Kier molecular flexibility index (Phi) is 6.45. The van der Waals surface area contributed by atoms with Crippen LogP contribution in [0, 0.1) is 34.1 Å². The lowest BCUT2D eigenvalue weighted by Crippen LogP contribution is -2.30. The zero-order chi connectivity index (χ0) is 23.4. The van der Waals surface area contributed by atoms with Crippen LogP contribution in [0.3, 0.4) is 0 Å². The highest BCUT2D eigenvalue weighted by Crippen LogP contribution is 2.35. The number of nitro benzene ring substituents is 1. The van der Waals surface area contributed by atoms with Gasteiger partial charge in [-0.25, -0.2) is 4.98 Å². The number of para-hydroxylation sites is 1. The van der Waals surface area contributed by atoms with E-state index in [-0.39, 0.29) is 23.0 Å². The standard InChI is InChI=1S/C19H15ClN6O6/c1-10-7-12(8-11(2)15(10)20)32-19-16(26(30)31)17(21-9-22-19)23-24-18(27)13-5-3-4-6-14(13)25(28)29/h3-9H,1-2H3,(H,24,27)(H,21,22,23). The molecule has 0 saturated carbocycles. The number of hydrogen-bond acceptors (Lipinski definition) is 9. The molecule has 0 fully saturated rings. The van der Waals surface area contributed by atoms with Gasteiger partial charge in [0.1, 0.15) is 17.6 Å². The molecule has 164 valence electrons. The zero-order valence-electron chi connectivity index (χ0n) is 16.7. The van der Waals surface area contributed by atoms with Gasteiger partial charge < -0.3 is 4.74 Å². The Morgan fingerprint density at radius 2 is 1.72 bits per heavy atom. The molecule has 1 amide bonds. The van der Waals surface area contributed by atoms with Gasteiger partial charge in [0.15, 0.2) is 0 Å². The highest BCUT2D eigenvalue weighted by atomic mass is 35.5. The first kappa shape index (κ1) is 22.4. The van der Waals surface area contributed by atoms with Gasteiger partial charge in [-0.15, -0.1) is 0 Å². The molecule has 1 aromatic heterocycles. The summed E-state index contributed by atoms with van der Waals surface area (Å²) in [6, 6.07) is 8.42. The topological polar surface area (TPSA) is 162 Å². The third kappa shape index (κ3) is 4.70. The maximum absolute atomic E-state index is 12.4. The Balaban J connectivity index is 1.88. The SMILES string of the molecule is Cc1cc(Oc2ncnc(NNC(=O)c3ccccc3[N+](=O)[O-])c2[N+](=O)[O-])cc(C)c1Cl. The van der Waals surface area contributed by atoms with Gasteiger partial charge in [-0.1, -0.05) is 23.7 Å². The molecule has 0 aliphatic rings. The van der Waals surface area contributed by atoms with E-state index < -0.39 is 27.1 Å². The van der Waals surface area contributed by atoms with Crippen LogP contribution < -0.4 is 15.6 Å². The maximum atomic E-state index is 12.4. The summed E-state index contributed by atoms with van der Waals surface area (Å²) in [7, 11) is 0. The number of ether oxygens (including phenoxy) is 1. The molecule has 0 radical (unpaired) electrons. The molecule has 0 aliphatic carbocycles. The highest BCUT2D eigenvalue weighted by molar-refractivity contribution is 6.32. The van der Waals surface area contributed by atoms with Gasteiger partial charge in [-0.3, -0.25) is 35.9 Å². The molecular formula is C19H15ClN6O6. The van der Waals surface area contributed by atoms with Gasteiger partial charge in [-0.05, 0) is 43.2 Å². The minimum atomic E-state index is -0.892. The Bertz CT molecular complexity index is 1210. The summed E-state index contributed by atoms with van der Waals surface area (Å²) in [4.78, 5) is 41.2. The fraction of sp³-hybridized carbons (Fsp3) is 0.105. The number of nitro groups is 2. The number of nitrogens with one attached hydrogen (secondary N) is 2. The molecular weight excluding hydrogens is 444 g/mol. The van der Waals surface area contributed by atoms with Crippen molar-refractivity contribution in [2.45, 2.75) is 13.8 Å². The van der Waals surface area contributed by atoms with Crippen molar-refractivity contribution in [1.82, 2.24) is 15.4 Å². The number of carbonyl (C=O) groups excluding carboxylic acids is 1. The van der Waals surface area contributed by atoms with Crippen LogP contribution >= 0.6 is 11.6 Å². The Morgan fingerprint density at radius 1 is 1.06 bits per heavy atom. The summed E-state index contributed by atoms with van der Waals surface area (Å²) in [5, 5.41) is 23.3. The van der Waals surface area contributed by atoms with E-state index in [0.717, 1.165) is 12.4 Å². The molecule has 32 heavy (non-hydrogen) atoms. The molecule has 3 aromatic rings. The Hall–Kier alpha value is -4.32. The number of hydrogen-bond donors (Lipinski definition) is 2. The van der Waals surface area contributed by atoms with Gasteiger partial charge in [0, 0.05) is 11.1 Å². The van der Waals surface area contributed by atoms with Crippen molar-refractivity contribution >= 4 is 34.7 Å². The third-order valence-corrected chi connectivity index (χ3v) is 4.83. The lowest BCUT2D eigenvalue weighted by atomic mass is 10.1. The summed E-state index contributed by atoms with van der Waals surface area (Å²) < 4.78 is 5.58. The number of amides is 1. The van der Waals surface area contributed by atoms with Crippen LogP contribution in [0.25, 0.3) is 0 Å². The average molecular weight is 459 g/mol. The normalized spacial score (nSPS) is 10.3. The Morgan fingerprint density at radius 3 is 2.34 bits per heavy atom. The molecule has 1 heterocycles. The van der Waals surface area contributed by atoms with Crippen molar-refractivity contribution in [3.63, 3.8) is 0 Å². The average Bonchev–Trinajstić information content (AvgIpc) is 2.75. The molecule has 0 spiro atoms. The first-order valence-corrected chi connectivity index (χ1v) is 9.30. The molecule has 13 heteroatoms. The fourth-order valence-electron chi connectivity index (χ4n) is 2.78. The third-order valence-electron chi connectivity index (χ3n) is 4.24. The quantitative estimate of drug-likeness (QED) is 0.391. The summed E-state index contributed by atoms with van der Waals surface area (Å²) in [5.74, 6) is -1.39. The van der Waals surface area contributed by atoms with Crippen LogP contribution in [0.4, 0.5) is 17.2 Å². The van der Waals surface area contributed by atoms with Gasteiger partial charge >= 0.3 is 11.6 Å². The molecule has 12 nitrogen and oxygen atoms in total. The van der Waals surface area contributed by atoms with Crippen molar-refractivity contribution in [2.75, 3.05) is 5.43 Å². The monoisotopic (exact) mass is 458 g/mol. The molecule has 0 saturated heterocycles. The number of nitrogens with zero attached hydrogens (tertiary/aromatic N) is 4. The van der Waals surface area contributed by atoms with Crippen LogP contribution in [0.1, 0.15) is 21.5 Å². The van der Waals surface area contributed by atoms with Gasteiger partial charge in [-0.2, -0.15) is 4.98 Å². The summed E-state index contributed by atoms with van der Waals surface area (Å²) >= 11 is 6.13. The molecule has 0 atom stereocenters. The second-order valence-corrected chi connectivity index (χ2v) is 6.84. The number of benzene rings is 2. The van der Waals surface area contributed by atoms with E-state index in [0.29, 0.717) is 16.1 Å². The lowest BCUT2D eigenvalue weighted by molar-refractivity contribution is -0.385. The minimum Gasteiger partial charge on any atom is -0.434 e. The highest BCUT2D eigenvalue weighted by Gasteiger charge is 2.27. The predicted molar refractivity (Wildman–Crippen MR) is 114 cm³/mol. The van der Waals surface area contributed by atoms with Crippen molar-refractivity contribution in [1.29, 1.82) is 0 Å². The maximum Gasteiger partial charge on any atom is 0.374 e. The zero-order valence-corrected chi connectivity index (χ0v) is 17.4. The predicted octanol–water partition coefficient (Wildman–Crippen LogP) is 4.11. The van der Waals surface area contributed by atoms with E-state index in [1.165, 1.54) is 18.2 Å². The van der Waals surface area contributed by atoms with Gasteiger partial charge in [0.05, 0.1) is 9.85 Å². The van der Waals surface area contributed by atoms with E-state index in [2.05, 4.69) is 20.8 Å². The fourth-order valence-corrected chi connectivity index (χ4v) is 2.89. The van der Waals surface area contributed by atoms with Crippen LogP contribution in [0.15, 0.2) is 42.7 Å². The molecule has 3 rings (SSSR count). The van der Waals surface area contributed by atoms with Crippen molar-refractivity contribution in [3.8, 4) is 11.6 Å². The van der Waals surface area contributed by atoms with Crippen molar-refractivity contribution < 1.29 is 19.4 Å². The van der Waals surface area contributed by atoms with Crippen molar-refractivity contribution in [3.05, 3.63) is 84.7 Å². The lowest BCUT2D eigenvalue weighted by Gasteiger charge is -2.11. The molecule has 0 bridgehead atoms. The van der Waals surface area contributed by atoms with Crippen LogP contribution in [0.2, 0.25) is 5.02 Å². The van der Waals surface area contributed by atoms with E-state index in [1.54, 1.807) is 26.0 Å². The van der Waals surface area contributed by atoms with Gasteiger partial charge in [0.2, 0.25) is 5.82 Å². The number of halogens is 1. The number of anilines is 1. The van der Waals surface area contributed by atoms with Crippen LogP contribution in [-0.4, -0.2) is 25.7 Å². The summed E-state index contributed by atoms with van der Waals surface area (Å²) in [6.45, 7) is 3.50. The van der Waals surface area contributed by atoms with E-state index >= 15 is 0 Å². The smallest absolute Gasteiger partial charge is 0.374 e. The largest absolute Gasteiger partial charge is 0.434 e. The van der Waals surface area contributed by atoms with Crippen molar-refractivity contribution in [2.24, 2.45) is 0 Å². The van der Waals surface area contributed by atoms with E-state index in [4.69, 9.17) is 16.3 Å². The molecule has 2 aromatic carbocycles. The van der Waals surface area contributed by atoms with Gasteiger partial charge in [0.25, 0.3) is 11.6 Å². The van der Waals surface area contributed by atoms with E-state index in [9.17, 15) is 25.0 Å². The Labute approximate surface area is 185 Å². The first-order valence-electron chi connectivity index (χ1n) is 8.92. The number of aryl methyl sites for hydroxylation is 2. The van der Waals surface area contributed by atoms with Crippen LogP contribution in [-0.2, 0) is 0 Å². The number of rotatable bonds is 7. The number of carbonyl (C=O) groups is 1.